The van der Waals surface area contributed by atoms with E-state index in [1.807, 2.05) is 6.92 Å². The number of hydrogen-bond donors (Lipinski definition) is 1. The van der Waals surface area contributed by atoms with E-state index in [9.17, 15) is 17.6 Å². The van der Waals surface area contributed by atoms with Crippen molar-refractivity contribution in [3.05, 3.63) is 30.1 Å². The van der Waals surface area contributed by atoms with Crippen LogP contribution < -0.4 is 9.62 Å². The molecule has 1 aromatic carbocycles. The van der Waals surface area contributed by atoms with Gasteiger partial charge in [-0.05, 0) is 44.0 Å². The van der Waals surface area contributed by atoms with Crippen molar-refractivity contribution >= 4 is 21.6 Å². The largest absolute Gasteiger partial charge is 0.354 e. The summed E-state index contributed by atoms with van der Waals surface area (Å²) >= 11 is 0. The molecule has 23 heavy (non-hydrogen) atoms. The van der Waals surface area contributed by atoms with E-state index >= 15 is 0 Å². The zero-order chi connectivity index (χ0) is 17.5. The number of carbonyl (C=O) groups excluding carboxylic acids is 1. The molecule has 0 bridgehead atoms. The van der Waals surface area contributed by atoms with Gasteiger partial charge < -0.3 is 5.32 Å². The summed E-state index contributed by atoms with van der Waals surface area (Å²) in [7, 11) is -3.48. The molecule has 1 N–H and O–H groups in total. The number of carbonyl (C=O) groups is 1. The Labute approximate surface area is 137 Å². The molecule has 0 saturated carbocycles. The smallest absolute Gasteiger partial charge is 0.232 e. The van der Waals surface area contributed by atoms with Crippen LogP contribution in [0.1, 0.15) is 39.5 Å². The number of anilines is 1. The Morgan fingerprint density at radius 3 is 2.43 bits per heavy atom. The highest BCUT2D eigenvalue weighted by Gasteiger charge is 2.17. The van der Waals surface area contributed by atoms with Crippen LogP contribution in [0.4, 0.5) is 10.1 Å². The highest BCUT2D eigenvalue weighted by Crippen LogP contribution is 2.18. The summed E-state index contributed by atoms with van der Waals surface area (Å²) in [5.41, 5.74) is 0.397. The summed E-state index contributed by atoms with van der Waals surface area (Å²) in [6, 6.07) is 5.38. The van der Waals surface area contributed by atoms with E-state index < -0.39 is 15.8 Å². The quantitative estimate of drug-likeness (QED) is 0.749. The molecule has 0 heterocycles. The number of sulfonamides is 1. The van der Waals surface area contributed by atoms with Crippen LogP contribution in [0.3, 0.4) is 0 Å². The molecule has 7 heteroatoms. The van der Waals surface area contributed by atoms with Crippen molar-refractivity contribution in [2.75, 3.05) is 17.1 Å². The molecule has 0 aromatic heterocycles. The molecule has 1 amide bonds. The third kappa shape index (κ3) is 6.99. The number of benzene rings is 1. The van der Waals surface area contributed by atoms with E-state index in [1.165, 1.54) is 28.6 Å². The molecule has 0 aliphatic heterocycles. The highest BCUT2D eigenvalue weighted by molar-refractivity contribution is 7.92. The van der Waals surface area contributed by atoms with Crippen LogP contribution in [0, 0.1) is 5.82 Å². The summed E-state index contributed by atoms with van der Waals surface area (Å²) < 4.78 is 37.9. The first-order valence-corrected chi connectivity index (χ1v) is 9.61. The molecule has 1 atom stereocenters. The maximum atomic E-state index is 13.0. The van der Waals surface area contributed by atoms with E-state index in [-0.39, 0.29) is 24.9 Å². The first-order valence-electron chi connectivity index (χ1n) is 7.76. The molecule has 130 valence electrons. The predicted octanol–water partition coefficient (Wildman–Crippen LogP) is 2.68. The third-order valence-corrected chi connectivity index (χ3v) is 4.60. The first kappa shape index (κ1) is 19.4. The summed E-state index contributed by atoms with van der Waals surface area (Å²) in [5, 5.41) is 2.88. The maximum Gasteiger partial charge on any atom is 0.232 e. The van der Waals surface area contributed by atoms with Gasteiger partial charge in [0, 0.05) is 19.0 Å². The Balaban J connectivity index is 2.60. The lowest BCUT2D eigenvalue weighted by molar-refractivity contribution is -0.121. The van der Waals surface area contributed by atoms with Gasteiger partial charge in [0.1, 0.15) is 5.82 Å². The number of hydrogen-bond acceptors (Lipinski definition) is 3. The average Bonchev–Trinajstić information content (AvgIpc) is 2.44. The Bertz CT molecular complexity index is 602. The number of amides is 1. The van der Waals surface area contributed by atoms with Crippen molar-refractivity contribution in [2.45, 2.75) is 45.6 Å². The van der Waals surface area contributed by atoms with E-state index in [2.05, 4.69) is 12.2 Å². The molecule has 0 spiro atoms. The van der Waals surface area contributed by atoms with Gasteiger partial charge in [0.05, 0.1) is 11.9 Å². The minimum atomic E-state index is -3.48. The van der Waals surface area contributed by atoms with Crippen LogP contribution in [0.15, 0.2) is 24.3 Å². The van der Waals surface area contributed by atoms with Crippen molar-refractivity contribution in [1.29, 1.82) is 0 Å². The van der Waals surface area contributed by atoms with E-state index in [0.29, 0.717) is 12.1 Å². The van der Waals surface area contributed by atoms with Gasteiger partial charge in [-0.15, -0.1) is 0 Å². The second-order valence-electron chi connectivity index (χ2n) is 5.67. The Morgan fingerprint density at radius 1 is 1.30 bits per heavy atom. The Kier molecular flexibility index (Phi) is 7.48. The number of halogens is 1. The van der Waals surface area contributed by atoms with E-state index in [1.54, 1.807) is 0 Å². The van der Waals surface area contributed by atoms with Gasteiger partial charge in [-0.2, -0.15) is 0 Å². The molecule has 1 aromatic rings. The fourth-order valence-corrected chi connectivity index (χ4v) is 3.29. The zero-order valence-corrected chi connectivity index (χ0v) is 14.7. The van der Waals surface area contributed by atoms with Crippen LogP contribution in [-0.4, -0.2) is 33.2 Å². The maximum absolute atomic E-state index is 13.0. The number of nitrogens with zero attached hydrogens (tertiary/aromatic N) is 1. The minimum absolute atomic E-state index is 0.0847. The van der Waals surface area contributed by atoms with Gasteiger partial charge in [-0.25, -0.2) is 12.8 Å². The molecule has 0 unspecified atom stereocenters. The zero-order valence-electron chi connectivity index (χ0n) is 13.9. The lowest BCUT2D eigenvalue weighted by Gasteiger charge is -2.22. The highest BCUT2D eigenvalue weighted by atomic mass is 32.2. The SMILES string of the molecule is CCC[C@@H](C)NC(=O)CCCN(c1ccc(F)cc1)S(C)(=O)=O. The average molecular weight is 344 g/mol. The molecule has 0 aliphatic carbocycles. The van der Waals surface area contributed by atoms with Crippen LogP contribution in [-0.2, 0) is 14.8 Å². The standard InChI is InChI=1S/C16H25FN2O3S/c1-4-6-13(2)18-16(20)7-5-12-19(23(3,21)22)15-10-8-14(17)9-11-15/h8-11,13H,4-7,12H2,1-3H3,(H,18,20)/t13-/m1/s1. The van der Waals surface area contributed by atoms with E-state index in [0.717, 1.165) is 19.1 Å². The second-order valence-corrected chi connectivity index (χ2v) is 7.58. The van der Waals surface area contributed by atoms with Crippen LogP contribution in [0.2, 0.25) is 0 Å². The molecule has 0 radical (unpaired) electrons. The lowest BCUT2D eigenvalue weighted by atomic mass is 10.2. The van der Waals surface area contributed by atoms with Crippen molar-refractivity contribution in [3.8, 4) is 0 Å². The molecule has 5 nitrogen and oxygen atoms in total. The summed E-state index contributed by atoms with van der Waals surface area (Å²) in [6.45, 7) is 4.18. The van der Waals surface area contributed by atoms with Gasteiger partial charge >= 0.3 is 0 Å². The van der Waals surface area contributed by atoms with Crippen LogP contribution in [0.5, 0.6) is 0 Å². The lowest BCUT2D eigenvalue weighted by Crippen LogP contribution is -2.34. The van der Waals surface area contributed by atoms with Crippen LogP contribution in [0.25, 0.3) is 0 Å². The molecular formula is C16H25FN2O3S. The van der Waals surface area contributed by atoms with Crippen molar-refractivity contribution in [1.82, 2.24) is 5.32 Å². The van der Waals surface area contributed by atoms with Crippen LogP contribution >= 0.6 is 0 Å². The van der Waals surface area contributed by atoms with Crippen molar-refractivity contribution < 1.29 is 17.6 Å². The summed E-state index contributed by atoms with van der Waals surface area (Å²) in [6.07, 6.45) is 3.65. The van der Waals surface area contributed by atoms with Gasteiger partial charge in [-0.1, -0.05) is 13.3 Å². The first-order chi connectivity index (χ1) is 10.7. The fraction of sp³-hybridized carbons (Fsp3) is 0.562. The summed E-state index contributed by atoms with van der Waals surface area (Å²) in [4.78, 5) is 11.8. The van der Waals surface area contributed by atoms with Gasteiger partial charge in [-0.3, -0.25) is 9.10 Å². The van der Waals surface area contributed by atoms with Crippen molar-refractivity contribution in [3.63, 3.8) is 0 Å². The van der Waals surface area contributed by atoms with Gasteiger partial charge in [0.2, 0.25) is 15.9 Å². The molecule has 0 saturated heterocycles. The monoisotopic (exact) mass is 344 g/mol. The predicted molar refractivity (Wildman–Crippen MR) is 90.3 cm³/mol. The minimum Gasteiger partial charge on any atom is -0.354 e. The second kappa shape index (κ2) is 8.86. The third-order valence-electron chi connectivity index (χ3n) is 3.41. The summed E-state index contributed by atoms with van der Waals surface area (Å²) in [5.74, 6) is -0.509. The fourth-order valence-electron chi connectivity index (χ4n) is 2.33. The van der Waals surface area contributed by atoms with Gasteiger partial charge in [0.25, 0.3) is 0 Å². The normalized spacial score (nSPS) is 12.7. The molecule has 0 fully saturated rings. The topological polar surface area (TPSA) is 66.5 Å². The van der Waals surface area contributed by atoms with Gasteiger partial charge in [0.15, 0.2) is 0 Å². The number of rotatable bonds is 9. The Hall–Kier alpha value is -1.63. The number of nitrogens with one attached hydrogen (secondary N) is 1. The Morgan fingerprint density at radius 2 is 1.91 bits per heavy atom. The molecule has 0 aliphatic rings. The van der Waals surface area contributed by atoms with E-state index in [4.69, 9.17) is 0 Å². The molecular weight excluding hydrogens is 319 g/mol. The molecule has 1 rings (SSSR count). The van der Waals surface area contributed by atoms with Crippen molar-refractivity contribution in [2.24, 2.45) is 0 Å².